The van der Waals surface area contributed by atoms with Crippen molar-refractivity contribution < 1.29 is 4.74 Å². The molecule has 0 radical (unpaired) electrons. The molecule has 0 unspecified atom stereocenters. The number of aromatic nitrogens is 2. The van der Waals surface area contributed by atoms with Gasteiger partial charge in [-0.3, -0.25) is 0 Å². The third kappa shape index (κ3) is 2.15. The monoisotopic (exact) mass is 250 g/mol. The standard InChI is InChI=1S/C13H15ClN2O/c1-8-9(2)12(17-3)5-4-10(8)11-7-15-13(6-14)16-11/h4-5,7H,6H2,1-3H3,(H,15,16). The average Bonchev–Trinajstić information content (AvgIpc) is 2.81. The number of ether oxygens (including phenoxy) is 1. The number of alkyl halides is 1. The lowest BCUT2D eigenvalue weighted by atomic mass is 10.0. The number of hydrogen-bond donors (Lipinski definition) is 1. The van der Waals surface area contributed by atoms with Crippen molar-refractivity contribution in [3.8, 4) is 17.0 Å². The van der Waals surface area contributed by atoms with Crippen molar-refractivity contribution in [3.63, 3.8) is 0 Å². The minimum Gasteiger partial charge on any atom is -0.496 e. The van der Waals surface area contributed by atoms with Gasteiger partial charge in [0.05, 0.1) is 24.9 Å². The van der Waals surface area contributed by atoms with Crippen LogP contribution in [0.15, 0.2) is 18.3 Å². The van der Waals surface area contributed by atoms with Crippen LogP contribution in [0.3, 0.4) is 0 Å². The molecule has 2 rings (SSSR count). The van der Waals surface area contributed by atoms with E-state index in [0.717, 1.165) is 28.4 Å². The van der Waals surface area contributed by atoms with Gasteiger partial charge in [-0.1, -0.05) is 0 Å². The van der Waals surface area contributed by atoms with Crippen LogP contribution in [-0.4, -0.2) is 17.1 Å². The van der Waals surface area contributed by atoms with E-state index in [-0.39, 0.29) is 0 Å². The molecule has 0 fully saturated rings. The van der Waals surface area contributed by atoms with Crippen molar-refractivity contribution in [2.75, 3.05) is 7.11 Å². The molecule has 0 saturated carbocycles. The van der Waals surface area contributed by atoms with Gasteiger partial charge in [0.15, 0.2) is 0 Å². The van der Waals surface area contributed by atoms with Crippen LogP contribution in [0.1, 0.15) is 17.0 Å². The van der Waals surface area contributed by atoms with E-state index >= 15 is 0 Å². The second kappa shape index (κ2) is 4.80. The first-order valence-corrected chi connectivity index (χ1v) is 5.95. The number of methoxy groups -OCH3 is 1. The normalized spacial score (nSPS) is 10.6. The van der Waals surface area contributed by atoms with Crippen LogP contribution in [0.25, 0.3) is 11.3 Å². The van der Waals surface area contributed by atoms with Crippen molar-refractivity contribution >= 4 is 11.6 Å². The van der Waals surface area contributed by atoms with Gasteiger partial charge < -0.3 is 9.72 Å². The summed E-state index contributed by atoms with van der Waals surface area (Å²) in [7, 11) is 1.68. The summed E-state index contributed by atoms with van der Waals surface area (Å²) in [6.07, 6.45) is 1.81. The summed E-state index contributed by atoms with van der Waals surface area (Å²) in [6.45, 7) is 4.13. The van der Waals surface area contributed by atoms with E-state index in [1.165, 1.54) is 5.56 Å². The van der Waals surface area contributed by atoms with Crippen molar-refractivity contribution in [1.82, 2.24) is 9.97 Å². The third-order valence-corrected chi connectivity index (χ3v) is 3.26. The summed E-state index contributed by atoms with van der Waals surface area (Å²) in [5, 5.41) is 0. The molecule has 1 N–H and O–H groups in total. The Labute approximate surface area is 106 Å². The molecule has 1 heterocycles. The van der Waals surface area contributed by atoms with Gasteiger partial charge in [0.1, 0.15) is 11.6 Å². The average molecular weight is 251 g/mol. The second-order valence-corrected chi connectivity index (χ2v) is 4.21. The molecule has 0 bridgehead atoms. The van der Waals surface area contributed by atoms with Crippen LogP contribution < -0.4 is 4.74 Å². The van der Waals surface area contributed by atoms with Crippen molar-refractivity contribution in [2.45, 2.75) is 19.7 Å². The van der Waals surface area contributed by atoms with E-state index < -0.39 is 0 Å². The lowest BCUT2D eigenvalue weighted by molar-refractivity contribution is 0.411. The number of halogens is 1. The van der Waals surface area contributed by atoms with Crippen LogP contribution in [0, 0.1) is 13.8 Å². The first-order chi connectivity index (χ1) is 8.17. The van der Waals surface area contributed by atoms with Crippen LogP contribution in [-0.2, 0) is 5.88 Å². The quantitative estimate of drug-likeness (QED) is 0.848. The molecular weight excluding hydrogens is 236 g/mol. The van der Waals surface area contributed by atoms with E-state index in [9.17, 15) is 0 Å². The molecule has 0 amide bonds. The van der Waals surface area contributed by atoms with E-state index in [2.05, 4.69) is 23.8 Å². The molecule has 1 aromatic carbocycles. The summed E-state index contributed by atoms with van der Waals surface area (Å²) < 4.78 is 5.30. The fourth-order valence-electron chi connectivity index (χ4n) is 1.88. The first-order valence-electron chi connectivity index (χ1n) is 5.41. The summed E-state index contributed by atoms with van der Waals surface area (Å²) >= 11 is 5.73. The van der Waals surface area contributed by atoms with Gasteiger partial charge >= 0.3 is 0 Å². The zero-order valence-corrected chi connectivity index (χ0v) is 10.9. The SMILES string of the molecule is COc1ccc(-c2cnc(CCl)[nH]2)c(C)c1C. The Balaban J connectivity index is 2.49. The van der Waals surface area contributed by atoms with Gasteiger partial charge in [0.2, 0.25) is 0 Å². The summed E-state index contributed by atoms with van der Waals surface area (Å²) in [5.74, 6) is 2.09. The third-order valence-electron chi connectivity index (χ3n) is 3.00. The van der Waals surface area contributed by atoms with E-state index in [0.29, 0.717) is 5.88 Å². The molecule has 3 nitrogen and oxygen atoms in total. The van der Waals surface area contributed by atoms with Gasteiger partial charge in [0.25, 0.3) is 0 Å². The Hall–Kier alpha value is -1.48. The number of nitrogens with zero attached hydrogens (tertiary/aromatic N) is 1. The number of rotatable bonds is 3. The van der Waals surface area contributed by atoms with Gasteiger partial charge in [-0.25, -0.2) is 4.98 Å². The number of benzene rings is 1. The highest BCUT2D eigenvalue weighted by Crippen LogP contribution is 2.30. The molecule has 0 aliphatic heterocycles. The van der Waals surface area contributed by atoms with E-state index in [4.69, 9.17) is 16.3 Å². The maximum Gasteiger partial charge on any atom is 0.122 e. The summed E-state index contributed by atoms with van der Waals surface area (Å²) in [5.41, 5.74) is 4.46. The number of aromatic amines is 1. The van der Waals surface area contributed by atoms with Gasteiger partial charge in [-0.2, -0.15) is 0 Å². The topological polar surface area (TPSA) is 37.9 Å². The Morgan fingerprint density at radius 3 is 2.65 bits per heavy atom. The largest absolute Gasteiger partial charge is 0.496 e. The lowest BCUT2D eigenvalue weighted by Gasteiger charge is -2.11. The fraction of sp³-hybridized carbons (Fsp3) is 0.308. The highest BCUT2D eigenvalue weighted by molar-refractivity contribution is 6.16. The zero-order valence-electron chi connectivity index (χ0n) is 10.2. The number of imidazole rings is 1. The van der Waals surface area contributed by atoms with Crippen molar-refractivity contribution in [1.29, 1.82) is 0 Å². The zero-order chi connectivity index (χ0) is 12.4. The molecule has 0 aliphatic rings. The van der Waals surface area contributed by atoms with Crippen LogP contribution in [0.2, 0.25) is 0 Å². The Morgan fingerprint density at radius 2 is 2.06 bits per heavy atom. The molecule has 2 aromatic rings. The Kier molecular flexibility index (Phi) is 3.38. The molecule has 0 spiro atoms. The molecule has 90 valence electrons. The second-order valence-electron chi connectivity index (χ2n) is 3.94. The molecular formula is C13H15ClN2O. The predicted molar refractivity (Wildman–Crippen MR) is 69.6 cm³/mol. The smallest absolute Gasteiger partial charge is 0.122 e. The Morgan fingerprint density at radius 1 is 1.29 bits per heavy atom. The highest BCUT2D eigenvalue weighted by Gasteiger charge is 2.10. The lowest BCUT2D eigenvalue weighted by Crippen LogP contribution is -1.93. The van der Waals surface area contributed by atoms with Crippen LogP contribution in [0.5, 0.6) is 5.75 Å². The van der Waals surface area contributed by atoms with Gasteiger partial charge in [0, 0.05) is 5.56 Å². The number of hydrogen-bond acceptors (Lipinski definition) is 2. The molecule has 17 heavy (non-hydrogen) atoms. The molecule has 0 saturated heterocycles. The highest BCUT2D eigenvalue weighted by atomic mass is 35.5. The number of H-pyrrole nitrogens is 1. The van der Waals surface area contributed by atoms with Crippen LogP contribution in [0.4, 0.5) is 0 Å². The van der Waals surface area contributed by atoms with E-state index in [1.807, 2.05) is 18.3 Å². The van der Waals surface area contributed by atoms with Crippen LogP contribution >= 0.6 is 11.6 Å². The summed E-state index contributed by atoms with van der Waals surface area (Å²) in [6, 6.07) is 4.01. The summed E-state index contributed by atoms with van der Waals surface area (Å²) in [4.78, 5) is 7.41. The first kappa shape index (κ1) is 12.0. The van der Waals surface area contributed by atoms with Crippen molar-refractivity contribution in [2.24, 2.45) is 0 Å². The molecule has 4 heteroatoms. The van der Waals surface area contributed by atoms with Crippen molar-refractivity contribution in [3.05, 3.63) is 35.3 Å². The van der Waals surface area contributed by atoms with E-state index in [1.54, 1.807) is 7.11 Å². The molecule has 1 aromatic heterocycles. The maximum absolute atomic E-state index is 5.73. The minimum atomic E-state index is 0.397. The predicted octanol–water partition coefficient (Wildman–Crippen LogP) is 3.44. The minimum absolute atomic E-state index is 0.397. The molecule has 0 aliphatic carbocycles. The molecule has 0 atom stereocenters. The number of nitrogens with one attached hydrogen (secondary N) is 1. The maximum atomic E-state index is 5.73. The van der Waals surface area contributed by atoms with Gasteiger partial charge in [-0.05, 0) is 37.1 Å². The van der Waals surface area contributed by atoms with Gasteiger partial charge in [-0.15, -0.1) is 11.6 Å². The fourth-order valence-corrected chi connectivity index (χ4v) is 2.01. The Bertz CT molecular complexity index is 534.